The number of aliphatic hydroxyl groups excluding tert-OH is 2. The van der Waals surface area contributed by atoms with Gasteiger partial charge in [-0.3, -0.25) is 9.48 Å². The zero-order valence-electron chi connectivity index (χ0n) is 15.1. The third kappa shape index (κ3) is 4.00. The molecule has 12 nitrogen and oxygen atoms in total. The van der Waals surface area contributed by atoms with Crippen molar-refractivity contribution in [1.82, 2.24) is 34.6 Å². The van der Waals surface area contributed by atoms with Crippen molar-refractivity contribution in [3.05, 3.63) is 30.1 Å². The van der Waals surface area contributed by atoms with Gasteiger partial charge in [-0.1, -0.05) is 11.6 Å². The Morgan fingerprint density at radius 3 is 2.93 bits per heavy atom. The normalized spacial score (nSPS) is 24.7. The number of carbonyl (C=O) groups is 1. The first kappa shape index (κ1) is 19.5. The summed E-state index contributed by atoms with van der Waals surface area (Å²) in [6, 6.07) is -0.771. The molecule has 0 spiro atoms. The first-order valence-electron chi connectivity index (χ1n) is 8.78. The molecule has 3 aromatic rings. The lowest BCUT2D eigenvalue weighted by molar-refractivity contribution is -0.158. The van der Waals surface area contributed by atoms with Gasteiger partial charge in [-0.25, -0.2) is 15.0 Å². The Labute approximate surface area is 169 Å². The monoisotopic (exact) mass is 422 g/mol. The largest absolute Gasteiger partial charge is 0.388 e. The first-order valence-corrected chi connectivity index (χ1v) is 9.16. The number of nitrogen functional groups attached to an aromatic ring is 1. The molecule has 0 aromatic carbocycles. The highest BCUT2D eigenvalue weighted by molar-refractivity contribution is 6.30. The summed E-state index contributed by atoms with van der Waals surface area (Å²) in [6.07, 6.45) is 2.55. The van der Waals surface area contributed by atoms with Gasteiger partial charge in [-0.05, 0) is 0 Å². The van der Waals surface area contributed by atoms with Crippen LogP contribution in [-0.2, 0) is 22.6 Å². The predicted octanol–water partition coefficient (Wildman–Crippen LogP) is -1.44. The van der Waals surface area contributed by atoms with Crippen molar-refractivity contribution in [2.75, 3.05) is 12.3 Å². The molecule has 0 saturated carbocycles. The molecule has 29 heavy (non-hydrogen) atoms. The number of nitrogens with two attached hydrogens (primary N) is 1. The third-order valence-corrected chi connectivity index (χ3v) is 4.90. The highest BCUT2D eigenvalue weighted by Crippen LogP contribution is 2.21. The lowest BCUT2D eigenvalue weighted by Gasteiger charge is -2.38. The fraction of sp³-hybridized carbons (Fsp3) is 0.438. The molecule has 4 heterocycles. The molecule has 1 fully saturated rings. The number of aliphatic hydroxyl groups is 2. The van der Waals surface area contributed by atoms with Gasteiger partial charge in [0, 0.05) is 6.20 Å². The van der Waals surface area contributed by atoms with Crippen LogP contribution in [0, 0.1) is 0 Å². The molecule has 4 rings (SSSR count). The molecule has 1 amide bonds. The second kappa shape index (κ2) is 7.91. The van der Waals surface area contributed by atoms with Crippen LogP contribution >= 0.6 is 11.6 Å². The molecule has 4 atom stereocenters. The van der Waals surface area contributed by atoms with E-state index < -0.39 is 30.3 Å². The molecular formula is C16H19ClN8O4. The van der Waals surface area contributed by atoms with Gasteiger partial charge in [0.05, 0.1) is 36.7 Å². The molecule has 0 bridgehead atoms. The number of aromatic nitrogens is 6. The van der Waals surface area contributed by atoms with Crippen LogP contribution in [0.3, 0.4) is 0 Å². The Balaban J connectivity index is 1.39. The quantitative estimate of drug-likeness (QED) is 0.385. The van der Waals surface area contributed by atoms with Gasteiger partial charge in [0.25, 0.3) is 0 Å². The Kier molecular flexibility index (Phi) is 5.32. The van der Waals surface area contributed by atoms with Gasteiger partial charge in [0.2, 0.25) is 5.91 Å². The highest BCUT2D eigenvalue weighted by atomic mass is 35.5. The van der Waals surface area contributed by atoms with E-state index in [4.69, 9.17) is 22.1 Å². The van der Waals surface area contributed by atoms with Crippen molar-refractivity contribution in [3.8, 4) is 0 Å². The van der Waals surface area contributed by atoms with E-state index in [1.54, 1.807) is 4.57 Å². The summed E-state index contributed by atoms with van der Waals surface area (Å²) in [6.45, 7) is 0.127. The van der Waals surface area contributed by atoms with Gasteiger partial charge in [-0.2, -0.15) is 5.10 Å². The smallest absolute Gasteiger partial charge is 0.242 e. The lowest BCUT2D eigenvalue weighted by atomic mass is 9.98. The number of amides is 1. The van der Waals surface area contributed by atoms with Crippen LogP contribution in [0.5, 0.6) is 0 Å². The van der Waals surface area contributed by atoms with E-state index in [0.717, 1.165) is 0 Å². The number of rotatable bonds is 5. The Morgan fingerprint density at radius 1 is 1.34 bits per heavy atom. The van der Waals surface area contributed by atoms with Crippen molar-refractivity contribution in [3.63, 3.8) is 0 Å². The lowest BCUT2D eigenvalue weighted by Crippen LogP contribution is -2.60. The summed E-state index contributed by atoms with van der Waals surface area (Å²) < 4.78 is 8.72. The van der Waals surface area contributed by atoms with E-state index >= 15 is 0 Å². The molecule has 3 aromatic heterocycles. The third-order valence-electron chi connectivity index (χ3n) is 4.70. The summed E-state index contributed by atoms with van der Waals surface area (Å²) in [5.41, 5.74) is 6.83. The number of nitrogens with one attached hydrogen (secondary N) is 1. The van der Waals surface area contributed by atoms with E-state index in [0.29, 0.717) is 16.2 Å². The number of hydrogen-bond acceptors (Lipinski definition) is 9. The van der Waals surface area contributed by atoms with Crippen LogP contribution in [0.2, 0.25) is 5.02 Å². The number of imidazole rings is 1. The van der Waals surface area contributed by atoms with Gasteiger partial charge < -0.3 is 30.6 Å². The number of nitrogens with zero attached hydrogens (tertiary/aromatic N) is 6. The zero-order chi connectivity index (χ0) is 20.5. The number of halogens is 1. The minimum Gasteiger partial charge on any atom is -0.388 e. The number of hydrogen-bond donors (Lipinski definition) is 4. The number of ether oxygens (including phenoxy) is 1. The maximum atomic E-state index is 12.2. The van der Waals surface area contributed by atoms with Crippen LogP contribution in [-0.4, -0.2) is 76.4 Å². The summed E-state index contributed by atoms with van der Waals surface area (Å²) in [5, 5.41) is 27.9. The standard InChI is InChI=1S/C16H19ClN8O4/c17-8-1-22-25(2-8)4-11(26)23-9-5-29-10(14(28)13(9)27)3-24-7-21-16-12(24)15(18)19-6-20-16/h1-2,6-7,9-10,13-14,27-28H,3-5H2,(H,23,26)(H2,18,19,20)/t9-,10-,13+,14-/m1/s1. The number of anilines is 1. The summed E-state index contributed by atoms with van der Waals surface area (Å²) in [7, 11) is 0. The first-order chi connectivity index (χ1) is 13.9. The highest BCUT2D eigenvalue weighted by Gasteiger charge is 2.39. The number of fused-ring (bicyclic) bond motifs is 1. The van der Waals surface area contributed by atoms with E-state index in [9.17, 15) is 15.0 Å². The van der Waals surface area contributed by atoms with Gasteiger partial charge >= 0.3 is 0 Å². The second-order valence-corrected chi connectivity index (χ2v) is 7.15. The fourth-order valence-electron chi connectivity index (χ4n) is 3.26. The molecule has 1 saturated heterocycles. The van der Waals surface area contributed by atoms with E-state index in [-0.39, 0.29) is 25.5 Å². The van der Waals surface area contributed by atoms with Crippen molar-refractivity contribution in [2.45, 2.75) is 37.4 Å². The summed E-state index contributed by atoms with van der Waals surface area (Å²) in [5.74, 6) is -0.143. The molecule has 1 aliphatic heterocycles. The molecular weight excluding hydrogens is 404 g/mol. The van der Waals surface area contributed by atoms with Crippen LogP contribution in [0.15, 0.2) is 25.0 Å². The zero-order valence-corrected chi connectivity index (χ0v) is 15.8. The molecule has 5 N–H and O–H groups in total. The summed E-state index contributed by atoms with van der Waals surface area (Å²) in [4.78, 5) is 24.3. The molecule has 0 aliphatic carbocycles. The average Bonchev–Trinajstić information content (AvgIpc) is 3.28. The van der Waals surface area contributed by atoms with Crippen LogP contribution in [0.1, 0.15) is 0 Å². The van der Waals surface area contributed by atoms with Crippen LogP contribution < -0.4 is 11.1 Å². The van der Waals surface area contributed by atoms with Crippen molar-refractivity contribution < 1.29 is 19.7 Å². The van der Waals surface area contributed by atoms with Crippen LogP contribution in [0.25, 0.3) is 11.2 Å². The van der Waals surface area contributed by atoms with E-state index in [1.807, 2.05) is 0 Å². The predicted molar refractivity (Wildman–Crippen MR) is 101 cm³/mol. The molecule has 154 valence electrons. The van der Waals surface area contributed by atoms with Crippen LogP contribution in [0.4, 0.5) is 5.82 Å². The Morgan fingerprint density at radius 2 is 2.17 bits per heavy atom. The summed E-state index contributed by atoms with van der Waals surface area (Å²) >= 11 is 5.77. The SMILES string of the molecule is Nc1ncnc2ncn(C[C@H]3OC[C@@H](NC(=O)Cn4cc(Cl)cn4)[C@H](O)[C@@H]3O)c12. The van der Waals surface area contributed by atoms with Crippen molar-refractivity contribution in [2.24, 2.45) is 0 Å². The van der Waals surface area contributed by atoms with Crippen molar-refractivity contribution >= 4 is 34.5 Å². The average molecular weight is 423 g/mol. The van der Waals surface area contributed by atoms with Crippen molar-refractivity contribution in [1.29, 1.82) is 0 Å². The number of carbonyl (C=O) groups excluding carboxylic acids is 1. The minimum absolute atomic E-state index is 0.0209. The fourth-order valence-corrected chi connectivity index (χ4v) is 3.42. The Bertz CT molecular complexity index is 1020. The van der Waals surface area contributed by atoms with Gasteiger partial charge in [0.1, 0.15) is 36.7 Å². The van der Waals surface area contributed by atoms with Gasteiger partial charge in [-0.15, -0.1) is 0 Å². The second-order valence-electron chi connectivity index (χ2n) is 6.71. The van der Waals surface area contributed by atoms with E-state index in [2.05, 4.69) is 25.4 Å². The molecule has 13 heteroatoms. The maximum Gasteiger partial charge on any atom is 0.242 e. The van der Waals surface area contributed by atoms with Gasteiger partial charge in [0.15, 0.2) is 11.5 Å². The molecule has 0 radical (unpaired) electrons. The molecule has 0 unspecified atom stereocenters. The van der Waals surface area contributed by atoms with E-state index in [1.165, 1.54) is 29.7 Å². The molecule has 1 aliphatic rings. The Hall–Kier alpha value is -2.80. The minimum atomic E-state index is -1.24. The topological polar surface area (TPSA) is 166 Å². The maximum absolute atomic E-state index is 12.2.